The van der Waals surface area contributed by atoms with Gasteiger partial charge in [0.2, 0.25) is 0 Å². The van der Waals surface area contributed by atoms with Crippen molar-refractivity contribution in [1.82, 2.24) is 14.5 Å². The zero-order valence-corrected chi connectivity index (χ0v) is 20.1. The van der Waals surface area contributed by atoms with E-state index in [0.29, 0.717) is 41.1 Å². The Balaban J connectivity index is 1.49. The quantitative estimate of drug-likeness (QED) is 0.257. The van der Waals surface area contributed by atoms with Gasteiger partial charge in [0.15, 0.2) is 11.0 Å². The van der Waals surface area contributed by atoms with E-state index in [1.807, 2.05) is 37.3 Å². The summed E-state index contributed by atoms with van der Waals surface area (Å²) in [6, 6.07) is 12.2. The second-order valence-electron chi connectivity index (χ2n) is 8.84. The third-order valence-electron chi connectivity index (χ3n) is 6.24. The summed E-state index contributed by atoms with van der Waals surface area (Å²) < 4.78 is 29.1. The lowest BCUT2D eigenvalue weighted by Gasteiger charge is -2.22. The van der Waals surface area contributed by atoms with Gasteiger partial charge in [0.05, 0.1) is 5.69 Å². The molecule has 1 fully saturated rings. The van der Waals surface area contributed by atoms with Crippen LogP contribution >= 0.6 is 11.8 Å². The molecule has 180 valence electrons. The number of halogens is 2. The Kier molecular flexibility index (Phi) is 8.45. The molecule has 1 aromatic carbocycles. The molecule has 8 heteroatoms. The van der Waals surface area contributed by atoms with Crippen LogP contribution in [0.2, 0.25) is 0 Å². The third-order valence-corrected chi connectivity index (χ3v) is 7.12. The molecule has 2 heterocycles. The topological polar surface area (TPSA) is 57.0 Å². The molecule has 2 aromatic heterocycles. The minimum absolute atomic E-state index is 0.398. The molecule has 1 saturated carbocycles. The number of pyridine rings is 1. The summed E-state index contributed by atoms with van der Waals surface area (Å²) in [5.41, 5.74) is 2.03. The van der Waals surface area contributed by atoms with Crippen molar-refractivity contribution >= 4 is 11.8 Å². The zero-order valence-electron chi connectivity index (χ0n) is 19.3. The number of hydrogen-bond donors (Lipinski definition) is 0. The Morgan fingerprint density at radius 2 is 1.91 bits per heavy atom. The molecule has 0 amide bonds. The van der Waals surface area contributed by atoms with Crippen LogP contribution in [-0.4, -0.2) is 20.3 Å². The molecule has 0 N–H and O–H groups in total. The highest BCUT2D eigenvalue weighted by molar-refractivity contribution is 7.99. The highest BCUT2D eigenvalue weighted by Crippen LogP contribution is 2.28. The summed E-state index contributed by atoms with van der Waals surface area (Å²) in [6.07, 6.45) is 7.17. The second-order valence-corrected chi connectivity index (χ2v) is 9.90. The third kappa shape index (κ3) is 6.30. The van der Waals surface area contributed by atoms with Crippen molar-refractivity contribution in [2.24, 2.45) is 5.92 Å². The largest absolute Gasteiger partial charge is 0.312 e. The van der Waals surface area contributed by atoms with Crippen molar-refractivity contribution < 1.29 is 13.9 Å². The highest BCUT2D eigenvalue weighted by Gasteiger charge is 2.18. The Labute approximate surface area is 202 Å². The lowest BCUT2D eigenvalue weighted by molar-refractivity contribution is -0.182. The minimum Gasteiger partial charge on any atom is -0.312 e. The Morgan fingerprint density at radius 1 is 1.15 bits per heavy atom. The maximum Gasteiger partial charge on any atom is 0.286 e. The van der Waals surface area contributed by atoms with E-state index in [4.69, 9.17) is 0 Å². The number of aryl methyl sites for hydroxylation is 1. The van der Waals surface area contributed by atoms with Crippen LogP contribution in [0.5, 0.6) is 0 Å². The van der Waals surface area contributed by atoms with E-state index in [1.54, 1.807) is 12.3 Å². The first-order valence-electron chi connectivity index (χ1n) is 11.7. The zero-order chi connectivity index (χ0) is 23.9. The number of aromatic nitrogens is 3. The number of nitrogens with zero attached hydrogens (tertiary/aromatic N) is 3. The van der Waals surface area contributed by atoms with Crippen LogP contribution in [0, 0.1) is 18.7 Å². The monoisotopic (exact) mass is 485 g/mol. The van der Waals surface area contributed by atoms with Gasteiger partial charge in [-0.1, -0.05) is 61.4 Å². The van der Waals surface area contributed by atoms with E-state index in [9.17, 15) is 13.7 Å². The van der Waals surface area contributed by atoms with Crippen LogP contribution in [0.15, 0.2) is 58.6 Å². The summed E-state index contributed by atoms with van der Waals surface area (Å²) >= 11 is 1.39. The summed E-state index contributed by atoms with van der Waals surface area (Å²) in [5.74, 6) is 0.168. The van der Waals surface area contributed by atoms with E-state index in [0.717, 1.165) is 36.9 Å². The molecule has 0 aliphatic heterocycles. The van der Waals surface area contributed by atoms with Crippen molar-refractivity contribution in [3.05, 3.63) is 76.1 Å². The molecule has 1 aliphatic rings. The Bertz CT molecular complexity index is 1150. The van der Waals surface area contributed by atoms with Crippen molar-refractivity contribution in [3.63, 3.8) is 0 Å². The molecule has 1 unspecified atom stereocenters. The smallest absolute Gasteiger partial charge is 0.286 e. The maximum atomic E-state index is 14.5. The molecule has 4 rings (SSSR count). The fourth-order valence-corrected chi connectivity index (χ4v) is 5.35. The highest BCUT2D eigenvalue weighted by atomic mass is 32.2. The normalized spacial score (nSPS) is 15.4. The van der Waals surface area contributed by atoms with Gasteiger partial charge in [-0.3, -0.25) is 4.79 Å². The first-order valence-corrected chi connectivity index (χ1v) is 12.7. The number of rotatable bonds is 9. The van der Waals surface area contributed by atoms with E-state index < -0.39 is 17.5 Å². The van der Waals surface area contributed by atoms with Crippen LogP contribution in [-0.2, 0) is 11.5 Å². The molecule has 1 atom stereocenters. The van der Waals surface area contributed by atoms with Crippen LogP contribution < -0.4 is 5.56 Å². The van der Waals surface area contributed by atoms with Crippen molar-refractivity contribution in [2.45, 2.75) is 63.3 Å². The molecule has 5 nitrogen and oxygen atoms in total. The van der Waals surface area contributed by atoms with Crippen LogP contribution in [0.3, 0.4) is 0 Å². The van der Waals surface area contributed by atoms with E-state index in [2.05, 4.69) is 14.9 Å². The summed E-state index contributed by atoms with van der Waals surface area (Å²) in [5, 5.41) is 0.520. The molecule has 1 aliphatic carbocycles. The first kappa shape index (κ1) is 24.5. The van der Waals surface area contributed by atoms with Gasteiger partial charge >= 0.3 is 0 Å². The molecule has 0 spiro atoms. The fraction of sp³-hybridized carbons (Fsp3) is 0.423. The fourth-order valence-electron chi connectivity index (χ4n) is 4.46. The van der Waals surface area contributed by atoms with Crippen molar-refractivity contribution in [2.75, 3.05) is 5.75 Å². The van der Waals surface area contributed by atoms with E-state index in [-0.39, 0.29) is 0 Å². The lowest BCUT2D eigenvalue weighted by atomic mass is 9.89. The van der Waals surface area contributed by atoms with Gasteiger partial charge < -0.3 is 4.57 Å². The number of thioether (sulfide) groups is 1. The van der Waals surface area contributed by atoms with Gasteiger partial charge in [-0.25, -0.2) is 14.4 Å². The lowest BCUT2D eigenvalue weighted by Crippen LogP contribution is -2.27. The molecule has 34 heavy (non-hydrogen) atoms. The Hall–Kier alpha value is -2.58. The van der Waals surface area contributed by atoms with Crippen LogP contribution in [0.4, 0.5) is 8.92 Å². The van der Waals surface area contributed by atoms with Crippen molar-refractivity contribution in [3.8, 4) is 11.3 Å². The minimum atomic E-state index is -0.774. The number of benzene rings is 1. The molecule has 0 radical (unpaired) electrons. The molecule has 0 bridgehead atoms. The maximum absolute atomic E-state index is 14.5. The SMILES string of the molecule is Cc1cc(-c2cc(F)c(=O)n(CC3CCCCC3)c2)nc(SCCC(OF)c2ccccc2)n1. The van der Waals surface area contributed by atoms with Gasteiger partial charge in [0, 0.05) is 29.8 Å². The van der Waals surface area contributed by atoms with Crippen LogP contribution in [0.25, 0.3) is 11.3 Å². The average Bonchev–Trinajstić information content (AvgIpc) is 2.85. The predicted molar refractivity (Wildman–Crippen MR) is 130 cm³/mol. The van der Waals surface area contributed by atoms with Gasteiger partial charge in [0.1, 0.15) is 6.10 Å². The second kappa shape index (κ2) is 11.7. The Morgan fingerprint density at radius 3 is 2.65 bits per heavy atom. The van der Waals surface area contributed by atoms with Gasteiger partial charge in [-0.15, -0.1) is 0 Å². The molecular weight excluding hydrogens is 456 g/mol. The van der Waals surface area contributed by atoms with Gasteiger partial charge in [0.25, 0.3) is 5.56 Å². The summed E-state index contributed by atoms with van der Waals surface area (Å²) in [4.78, 5) is 25.6. The van der Waals surface area contributed by atoms with Crippen LogP contribution in [0.1, 0.15) is 55.9 Å². The number of hydrogen-bond acceptors (Lipinski definition) is 5. The average molecular weight is 486 g/mol. The first-order chi connectivity index (χ1) is 16.5. The van der Waals surface area contributed by atoms with E-state index in [1.165, 1.54) is 28.8 Å². The molecule has 3 aromatic rings. The van der Waals surface area contributed by atoms with E-state index >= 15 is 0 Å². The van der Waals surface area contributed by atoms with Gasteiger partial charge in [-0.05, 0) is 54.3 Å². The predicted octanol–water partition coefficient (Wildman–Crippen LogP) is 6.46. The summed E-state index contributed by atoms with van der Waals surface area (Å²) in [7, 11) is 0. The van der Waals surface area contributed by atoms with Gasteiger partial charge in [-0.2, -0.15) is 4.94 Å². The van der Waals surface area contributed by atoms with Crippen molar-refractivity contribution in [1.29, 1.82) is 0 Å². The summed E-state index contributed by atoms with van der Waals surface area (Å²) in [6.45, 7) is 2.38. The molecular formula is C26H29F2N3O2S. The molecule has 0 saturated heterocycles. The standard InChI is InChI=1S/C26H29F2N3O2S/c1-18-14-23(21-15-22(27)25(32)31(17-21)16-19-8-4-2-5-9-19)30-26(29-18)34-13-12-24(33-28)20-10-6-3-7-11-20/h3,6-7,10-11,14-15,17,19,24H,2,4-5,8-9,12-13,16H2,1H3.